The van der Waals surface area contributed by atoms with E-state index in [9.17, 15) is 22.4 Å². The second-order valence-electron chi connectivity index (χ2n) is 6.17. The van der Waals surface area contributed by atoms with E-state index in [1.54, 1.807) is 0 Å². The number of allylic oxidation sites excluding steroid dienone is 2. The molecular weight excluding hydrogens is 323 g/mol. The molecule has 3 aliphatic rings. The summed E-state index contributed by atoms with van der Waals surface area (Å²) in [4.78, 5) is 25.6. The van der Waals surface area contributed by atoms with Gasteiger partial charge in [0.05, 0.1) is 22.4 Å². The molecule has 1 aromatic rings. The highest BCUT2D eigenvalue weighted by Crippen LogP contribution is 2.53. The topological polar surface area (TPSA) is 97.5 Å². The number of hydrogen-bond donors (Lipinski definition) is 1. The van der Waals surface area contributed by atoms with Crippen LogP contribution in [0.5, 0.6) is 0 Å². The third-order valence-electron chi connectivity index (χ3n) is 4.96. The first-order valence-corrected chi connectivity index (χ1v) is 8.72. The Morgan fingerprint density at radius 3 is 2.13 bits per heavy atom. The number of sulfonamides is 1. The summed E-state index contributed by atoms with van der Waals surface area (Å²) in [5.41, 5.74) is -0.221. The van der Waals surface area contributed by atoms with Crippen LogP contribution in [0.25, 0.3) is 0 Å². The molecule has 4 rings (SSSR count). The van der Waals surface area contributed by atoms with Gasteiger partial charge in [0.2, 0.25) is 21.8 Å². The molecule has 1 heterocycles. The highest BCUT2D eigenvalue weighted by Gasteiger charge is 2.59. The Labute approximate surface area is 131 Å². The van der Waals surface area contributed by atoms with Gasteiger partial charge in [-0.2, -0.15) is 0 Å². The van der Waals surface area contributed by atoms with Gasteiger partial charge in [-0.15, -0.1) is 0 Å². The standard InChI is InChI=1S/C15H13FN2O4S/c16-10-6-9(23(17,21)22)3-4-11(10)18-14(19)12-7-1-2-8(5-7)13(12)15(18)20/h1-4,6-8,12-13H,5H2,(H2,17,21,22)/t7-,8+,12-,13+. The van der Waals surface area contributed by atoms with Crippen molar-refractivity contribution < 1.29 is 22.4 Å². The van der Waals surface area contributed by atoms with Crippen LogP contribution >= 0.6 is 0 Å². The maximum atomic E-state index is 14.3. The lowest BCUT2D eigenvalue weighted by Gasteiger charge is -2.18. The molecule has 6 nitrogen and oxygen atoms in total. The molecule has 1 aliphatic heterocycles. The Kier molecular flexibility index (Phi) is 2.83. The Morgan fingerprint density at radius 1 is 1.09 bits per heavy atom. The lowest BCUT2D eigenvalue weighted by Crippen LogP contribution is -2.33. The van der Waals surface area contributed by atoms with E-state index in [2.05, 4.69) is 0 Å². The first-order valence-electron chi connectivity index (χ1n) is 7.17. The van der Waals surface area contributed by atoms with Crippen molar-refractivity contribution in [2.24, 2.45) is 28.8 Å². The number of amides is 2. The highest BCUT2D eigenvalue weighted by molar-refractivity contribution is 7.89. The van der Waals surface area contributed by atoms with Crippen LogP contribution in [0.3, 0.4) is 0 Å². The van der Waals surface area contributed by atoms with Gasteiger partial charge in [-0.05, 0) is 36.5 Å². The van der Waals surface area contributed by atoms with Gasteiger partial charge in [0, 0.05) is 0 Å². The van der Waals surface area contributed by atoms with Crippen molar-refractivity contribution >= 4 is 27.5 Å². The zero-order valence-electron chi connectivity index (χ0n) is 11.8. The van der Waals surface area contributed by atoms with Crippen molar-refractivity contribution in [2.75, 3.05) is 4.90 Å². The fourth-order valence-electron chi connectivity index (χ4n) is 3.99. The van der Waals surface area contributed by atoms with E-state index in [4.69, 9.17) is 5.14 Å². The molecule has 1 saturated carbocycles. The van der Waals surface area contributed by atoms with E-state index >= 15 is 0 Å². The molecule has 2 fully saturated rings. The van der Waals surface area contributed by atoms with E-state index in [-0.39, 0.29) is 17.5 Å². The summed E-state index contributed by atoms with van der Waals surface area (Å²) in [7, 11) is -4.05. The van der Waals surface area contributed by atoms with Gasteiger partial charge in [-0.3, -0.25) is 9.59 Å². The van der Waals surface area contributed by atoms with E-state index < -0.39 is 44.4 Å². The molecule has 2 bridgehead atoms. The molecule has 1 aromatic carbocycles. The molecule has 0 spiro atoms. The maximum absolute atomic E-state index is 14.3. The summed E-state index contributed by atoms with van der Waals surface area (Å²) in [5.74, 6) is -2.61. The molecule has 23 heavy (non-hydrogen) atoms. The molecule has 2 amide bonds. The van der Waals surface area contributed by atoms with Crippen LogP contribution in [-0.2, 0) is 19.6 Å². The number of anilines is 1. The number of carbonyl (C=O) groups is 2. The van der Waals surface area contributed by atoms with E-state index in [0.29, 0.717) is 0 Å². The third-order valence-corrected chi connectivity index (χ3v) is 5.87. The fraction of sp³-hybridized carbons (Fsp3) is 0.333. The van der Waals surface area contributed by atoms with Crippen molar-refractivity contribution in [1.29, 1.82) is 0 Å². The Balaban J connectivity index is 1.75. The fourth-order valence-corrected chi connectivity index (χ4v) is 4.51. The van der Waals surface area contributed by atoms with Crippen molar-refractivity contribution in [2.45, 2.75) is 11.3 Å². The molecule has 2 N–H and O–H groups in total. The van der Waals surface area contributed by atoms with Crippen LogP contribution in [0.15, 0.2) is 35.2 Å². The van der Waals surface area contributed by atoms with Crippen LogP contribution in [-0.4, -0.2) is 20.2 Å². The van der Waals surface area contributed by atoms with Gasteiger partial charge >= 0.3 is 0 Å². The predicted octanol–water partition coefficient (Wildman–Crippen LogP) is 0.785. The lowest BCUT2D eigenvalue weighted by atomic mass is 9.85. The van der Waals surface area contributed by atoms with Crippen LogP contribution < -0.4 is 10.0 Å². The number of nitrogens with zero attached hydrogens (tertiary/aromatic N) is 1. The molecule has 4 atom stereocenters. The summed E-state index contributed by atoms with van der Waals surface area (Å²) in [6, 6.07) is 2.93. The number of primary sulfonamides is 1. The molecular formula is C15H13FN2O4S. The largest absolute Gasteiger partial charge is 0.274 e. The lowest BCUT2D eigenvalue weighted by molar-refractivity contribution is -0.123. The molecule has 0 aromatic heterocycles. The van der Waals surface area contributed by atoms with Crippen molar-refractivity contribution in [3.63, 3.8) is 0 Å². The van der Waals surface area contributed by atoms with E-state index in [1.165, 1.54) is 0 Å². The number of carbonyl (C=O) groups excluding carboxylic acids is 2. The van der Waals surface area contributed by atoms with Gasteiger partial charge in [0.15, 0.2) is 0 Å². The summed E-state index contributed by atoms with van der Waals surface area (Å²) in [5, 5.41) is 4.95. The van der Waals surface area contributed by atoms with Crippen molar-refractivity contribution in [3.8, 4) is 0 Å². The van der Waals surface area contributed by atoms with Crippen molar-refractivity contribution in [3.05, 3.63) is 36.2 Å². The van der Waals surface area contributed by atoms with E-state index in [0.717, 1.165) is 29.5 Å². The first-order chi connectivity index (χ1) is 10.8. The van der Waals surface area contributed by atoms with Crippen LogP contribution in [0, 0.1) is 29.5 Å². The molecule has 2 aliphatic carbocycles. The SMILES string of the molecule is NS(=O)(=O)c1ccc(N2C(=O)[C@@H]3[C@H](C2=O)[C@@H]2C=C[C@H]3C2)c(F)c1. The van der Waals surface area contributed by atoms with Crippen molar-refractivity contribution in [1.82, 2.24) is 0 Å². The minimum Gasteiger partial charge on any atom is -0.274 e. The van der Waals surface area contributed by atoms with Gasteiger partial charge in [-0.25, -0.2) is 22.8 Å². The Hall–Kier alpha value is -2.06. The molecule has 120 valence electrons. The smallest absolute Gasteiger partial charge is 0.238 e. The quantitative estimate of drug-likeness (QED) is 0.637. The van der Waals surface area contributed by atoms with Gasteiger partial charge in [-0.1, -0.05) is 12.2 Å². The monoisotopic (exact) mass is 336 g/mol. The number of imide groups is 1. The minimum absolute atomic E-state index is 0.0261. The normalized spacial score (nSPS) is 32.0. The third kappa shape index (κ3) is 1.91. The summed E-state index contributed by atoms with van der Waals surface area (Å²) >= 11 is 0. The number of hydrogen-bond acceptors (Lipinski definition) is 4. The van der Waals surface area contributed by atoms with Gasteiger partial charge in [0.1, 0.15) is 5.82 Å². The van der Waals surface area contributed by atoms with Crippen LogP contribution in [0.1, 0.15) is 6.42 Å². The number of halogens is 1. The zero-order valence-corrected chi connectivity index (χ0v) is 12.7. The summed E-state index contributed by atoms with van der Waals surface area (Å²) in [6.07, 6.45) is 4.68. The number of benzene rings is 1. The predicted molar refractivity (Wildman–Crippen MR) is 78.0 cm³/mol. The second kappa shape index (κ2) is 4.48. The second-order valence-corrected chi connectivity index (χ2v) is 7.73. The maximum Gasteiger partial charge on any atom is 0.238 e. The average Bonchev–Trinajstić information content (AvgIpc) is 3.13. The number of nitrogens with two attached hydrogens (primary N) is 1. The van der Waals surface area contributed by atoms with Crippen LogP contribution in [0.2, 0.25) is 0 Å². The van der Waals surface area contributed by atoms with Gasteiger partial charge in [0.25, 0.3) is 0 Å². The average molecular weight is 336 g/mol. The summed E-state index contributed by atoms with van der Waals surface area (Å²) in [6.45, 7) is 0. The minimum atomic E-state index is -4.05. The van der Waals surface area contributed by atoms with E-state index in [1.807, 2.05) is 12.2 Å². The zero-order chi connectivity index (χ0) is 16.5. The highest BCUT2D eigenvalue weighted by atomic mass is 32.2. The number of fused-ring (bicyclic) bond motifs is 5. The van der Waals surface area contributed by atoms with Gasteiger partial charge < -0.3 is 0 Å². The first kappa shape index (κ1) is 14.5. The molecule has 0 radical (unpaired) electrons. The Morgan fingerprint density at radius 2 is 1.65 bits per heavy atom. The summed E-state index contributed by atoms with van der Waals surface area (Å²) < 4.78 is 36.8. The Bertz CT molecular complexity index is 849. The molecule has 1 saturated heterocycles. The number of rotatable bonds is 2. The molecule has 8 heteroatoms. The molecule has 0 unspecified atom stereocenters. The van der Waals surface area contributed by atoms with Crippen LogP contribution in [0.4, 0.5) is 10.1 Å².